The molecule has 0 bridgehead atoms. The molecular formula is C13H18N5O8P. The lowest BCUT2D eigenvalue weighted by Gasteiger charge is -2.17. The SMILES string of the molecule is CCOC(=O)P(=O)(O)OC[C@H]1O[C@@H](n2cnc3c(N)ncnc32)[C@H](O)[C@@H]1O. The molecule has 0 saturated carbocycles. The number of aliphatic hydroxyl groups excluding tert-OH is 2. The van der Waals surface area contributed by atoms with Crippen molar-refractivity contribution in [1.82, 2.24) is 19.5 Å². The number of nitrogens with two attached hydrogens (primary N) is 1. The Labute approximate surface area is 152 Å². The molecule has 14 heteroatoms. The Hall–Kier alpha value is -2.15. The Morgan fingerprint density at radius 2 is 2.11 bits per heavy atom. The van der Waals surface area contributed by atoms with Gasteiger partial charge in [0.2, 0.25) is 0 Å². The highest BCUT2D eigenvalue weighted by molar-refractivity contribution is 7.70. The fourth-order valence-electron chi connectivity index (χ4n) is 2.59. The fourth-order valence-corrected chi connectivity index (χ4v) is 3.33. The van der Waals surface area contributed by atoms with Crippen LogP contribution in [0.1, 0.15) is 13.2 Å². The molecule has 1 aliphatic rings. The van der Waals surface area contributed by atoms with E-state index in [0.29, 0.717) is 0 Å². The first-order chi connectivity index (χ1) is 12.8. The number of hydrogen-bond acceptors (Lipinski definition) is 11. The van der Waals surface area contributed by atoms with Crippen LogP contribution in [0.15, 0.2) is 12.7 Å². The largest absolute Gasteiger partial charge is 0.457 e. The highest BCUT2D eigenvalue weighted by atomic mass is 31.2. The summed E-state index contributed by atoms with van der Waals surface area (Å²) in [5, 5.41) is 20.4. The van der Waals surface area contributed by atoms with Gasteiger partial charge < -0.3 is 30.3 Å². The number of hydrogen-bond donors (Lipinski definition) is 4. The van der Waals surface area contributed by atoms with Crippen LogP contribution in [-0.2, 0) is 18.6 Å². The van der Waals surface area contributed by atoms with Gasteiger partial charge in [-0.25, -0.2) is 24.3 Å². The number of aliphatic hydroxyl groups is 2. The van der Waals surface area contributed by atoms with Crippen molar-refractivity contribution in [3.63, 3.8) is 0 Å². The van der Waals surface area contributed by atoms with Crippen molar-refractivity contribution in [3.05, 3.63) is 12.7 Å². The molecule has 148 valence electrons. The molecule has 1 unspecified atom stereocenters. The summed E-state index contributed by atoms with van der Waals surface area (Å²) in [5.41, 5.74) is 4.83. The van der Waals surface area contributed by atoms with Gasteiger partial charge in [-0.3, -0.25) is 9.09 Å². The summed E-state index contributed by atoms with van der Waals surface area (Å²) in [7, 11) is -4.71. The second-order valence-electron chi connectivity index (χ2n) is 5.64. The summed E-state index contributed by atoms with van der Waals surface area (Å²) >= 11 is 0. The van der Waals surface area contributed by atoms with Gasteiger partial charge in [-0.2, -0.15) is 0 Å². The monoisotopic (exact) mass is 403 g/mol. The van der Waals surface area contributed by atoms with Gasteiger partial charge in [-0.1, -0.05) is 0 Å². The summed E-state index contributed by atoms with van der Waals surface area (Å²) in [6, 6.07) is 0. The number of ether oxygens (including phenoxy) is 2. The molecule has 3 rings (SSSR count). The van der Waals surface area contributed by atoms with Crippen molar-refractivity contribution in [2.24, 2.45) is 0 Å². The number of aromatic nitrogens is 4. The lowest BCUT2D eigenvalue weighted by molar-refractivity contribution is -0.0484. The van der Waals surface area contributed by atoms with Crippen molar-refractivity contribution in [2.75, 3.05) is 18.9 Å². The highest BCUT2D eigenvalue weighted by Crippen LogP contribution is 2.45. The number of rotatable bonds is 6. The molecule has 0 radical (unpaired) electrons. The topological polar surface area (TPSA) is 192 Å². The van der Waals surface area contributed by atoms with Crippen LogP contribution in [0, 0.1) is 0 Å². The maximum atomic E-state index is 11.8. The third kappa shape index (κ3) is 3.65. The molecule has 2 aromatic heterocycles. The van der Waals surface area contributed by atoms with Crippen LogP contribution in [0.25, 0.3) is 11.2 Å². The molecule has 0 aromatic carbocycles. The summed E-state index contributed by atoms with van der Waals surface area (Å²) in [4.78, 5) is 32.8. The third-order valence-corrected chi connectivity index (χ3v) is 5.00. The number of imidazole rings is 1. The molecule has 27 heavy (non-hydrogen) atoms. The summed E-state index contributed by atoms with van der Waals surface area (Å²) in [5.74, 6) is 0.127. The van der Waals surface area contributed by atoms with E-state index < -0.39 is 44.5 Å². The maximum absolute atomic E-state index is 11.8. The quantitative estimate of drug-likeness (QED) is 0.448. The Balaban J connectivity index is 1.75. The third-order valence-electron chi connectivity index (χ3n) is 3.91. The fraction of sp³-hybridized carbons (Fsp3) is 0.538. The minimum atomic E-state index is -4.71. The van der Waals surface area contributed by atoms with E-state index in [-0.39, 0.29) is 23.6 Å². The first kappa shape index (κ1) is 19.6. The van der Waals surface area contributed by atoms with Gasteiger partial charge in [-0.15, -0.1) is 0 Å². The van der Waals surface area contributed by atoms with E-state index >= 15 is 0 Å². The standard InChI is InChI=1S/C13H18N5O8P/c1-2-24-13(21)27(22,23)25-3-6-8(19)9(20)12(26-6)18-5-17-7-10(14)15-4-16-11(7)18/h4-6,8-9,12,19-20H,2-3H2,1H3,(H,22,23)(H2,14,15,16)/t6-,8-,9-,12-/m1/s1. The van der Waals surface area contributed by atoms with Crippen LogP contribution in [0.4, 0.5) is 10.6 Å². The highest BCUT2D eigenvalue weighted by Gasteiger charge is 2.46. The molecule has 2 aromatic rings. The van der Waals surface area contributed by atoms with E-state index in [4.69, 9.17) is 10.5 Å². The van der Waals surface area contributed by atoms with E-state index in [0.717, 1.165) is 0 Å². The zero-order chi connectivity index (χ0) is 19.8. The molecule has 0 spiro atoms. The van der Waals surface area contributed by atoms with Gasteiger partial charge in [-0.05, 0) is 6.92 Å². The molecule has 0 amide bonds. The van der Waals surface area contributed by atoms with E-state index in [9.17, 15) is 24.5 Å². The minimum Gasteiger partial charge on any atom is -0.457 e. The number of nitrogens with zero attached hydrogens (tertiary/aromatic N) is 4. The predicted molar refractivity (Wildman–Crippen MR) is 88.5 cm³/mol. The Morgan fingerprint density at radius 1 is 1.37 bits per heavy atom. The molecular weight excluding hydrogens is 385 g/mol. The van der Waals surface area contributed by atoms with Crippen molar-refractivity contribution in [3.8, 4) is 0 Å². The van der Waals surface area contributed by atoms with E-state index in [2.05, 4.69) is 24.2 Å². The zero-order valence-electron chi connectivity index (χ0n) is 14.1. The molecule has 13 nitrogen and oxygen atoms in total. The van der Waals surface area contributed by atoms with Crippen LogP contribution in [0.2, 0.25) is 0 Å². The number of anilines is 1. The molecule has 1 fully saturated rings. The van der Waals surface area contributed by atoms with Crippen LogP contribution in [-0.4, -0.2) is 71.9 Å². The van der Waals surface area contributed by atoms with Crippen molar-refractivity contribution >= 4 is 30.3 Å². The van der Waals surface area contributed by atoms with Crippen LogP contribution in [0.5, 0.6) is 0 Å². The van der Waals surface area contributed by atoms with Crippen LogP contribution < -0.4 is 5.73 Å². The molecule has 5 N–H and O–H groups in total. The van der Waals surface area contributed by atoms with Gasteiger partial charge in [0.25, 0.3) is 0 Å². The van der Waals surface area contributed by atoms with Gasteiger partial charge in [0, 0.05) is 0 Å². The number of carbonyl (C=O) groups is 1. The van der Waals surface area contributed by atoms with E-state index in [1.54, 1.807) is 0 Å². The van der Waals surface area contributed by atoms with E-state index in [1.165, 1.54) is 24.1 Å². The van der Waals surface area contributed by atoms with Crippen LogP contribution in [0.3, 0.4) is 0 Å². The van der Waals surface area contributed by atoms with Crippen molar-refractivity contribution < 1.29 is 38.5 Å². The Morgan fingerprint density at radius 3 is 2.81 bits per heavy atom. The first-order valence-corrected chi connectivity index (χ1v) is 9.43. The molecule has 1 saturated heterocycles. The lowest BCUT2D eigenvalue weighted by atomic mass is 10.1. The molecule has 3 heterocycles. The average Bonchev–Trinajstić information content (AvgIpc) is 3.17. The smallest absolute Gasteiger partial charge is 0.435 e. The molecule has 5 atom stereocenters. The number of nitrogen functional groups attached to an aromatic ring is 1. The second kappa shape index (κ2) is 7.46. The van der Waals surface area contributed by atoms with Gasteiger partial charge >= 0.3 is 13.3 Å². The van der Waals surface area contributed by atoms with Gasteiger partial charge in [0.1, 0.15) is 30.2 Å². The lowest BCUT2D eigenvalue weighted by Crippen LogP contribution is -2.33. The van der Waals surface area contributed by atoms with E-state index in [1.807, 2.05) is 0 Å². The zero-order valence-corrected chi connectivity index (χ0v) is 15.0. The summed E-state index contributed by atoms with van der Waals surface area (Å²) in [6.45, 7) is 0.730. The number of carbonyl (C=O) groups excluding carboxylic acids is 1. The molecule has 0 aliphatic carbocycles. The summed E-state index contributed by atoms with van der Waals surface area (Å²) in [6.07, 6.45) is -2.70. The Kier molecular flexibility index (Phi) is 5.42. The Bertz CT molecular complexity index is 891. The first-order valence-electron chi connectivity index (χ1n) is 7.85. The maximum Gasteiger partial charge on any atom is 0.435 e. The predicted octanol–water partition coefficient (Wildman–Crippen LogP) is -0.614. The minimum absolute atomic E-state index is 0.102. The average molecular weight is 403 g/mol. The van der Waals surface area contributed by atoms with Gasteiger partial charge in [0.05, 0.1) is 19.5 Å². The van der Waals surface area contributed by atoms with Crippen LogP contribution >= 0.6 is 7.60 Å². The van der Waals surface area contributed by atoms with Crippen molar-refractivity contribution in [1.29, 1.82) is 0 Å². The summed E-state index contributed by atoms with van der Waals surface area (Å²) < 4.78 is 27.8. The van der Waals surface area contributed by atoms with Crippen molar-refractivity contribution in [2.45, 2.75) is 31.5 Å². The normalized spacial score (nSPS) is 27.6. The van der Waals surface area contributed by atoms with Gasteiger partial charge in [0.15, 0.2) is 17.7 Å². The second-order valence-corrected chi connectivity index (χ2v) is 7.31. The number of fused-ring (bicyclic) bond motifs is 1. The molecule has 1 aliphatic heterocycles.